The Bertz CT molecular complexity index is 1020. The van der Waals surface area contributed by atoms with Crippen LogP contribution in [0, 0.1) is 20.8 Å². The van der Waals surface area contributed by atoms with Crippen LogP contribution in [0.5, 0.6) is 0 Å². The number of β-amino-alcohol motifs (C(OH)–C–C–N with tert-alkyl or cyclic N) is 1. The fraction of sp³-hybridized carbons (Fsp3) is 0.304. The predicted molar refractivity (Wildman–Crippen MR) is 119 cm³/mol. The van der Waals surface area contributed by atoms with Crippen LogP contribution in [0.15, 0.2) is 54.7 Å². The Kier molecular flexibility index (Phi) is 5.39. The van der Waals surface area contributed by atoms with Crippen molar-refractivity contribution in [2.75, 3.05) is 13.2 Å². The van der Waals surface area contributed by atoms with E-state index < -0.39 is 0 Å². The highest BCUT2D eigenvalue weighted by molar-refractivity contribution is 7.80. The molecule has 0 bridgehead atoms. The van der Waals surface area contributed by atoms with E-state index in [2.05, 4.69) is 64.8 Å². The van der Waals surface area contributed by atoms with E-state index in [1.54, 1.807) is 0 Å². The molecule has 2 atom stereocenters. The fourth-order valence-electron chi connectivity index (χ4n) is 4.47. The molecule has 4 rings (SSSR count). The summed E-state index contributed by atoms with van der Waals surface area (Å²) in [6.45, 7) is 7.02. The van der Waals surface area contributed by atoms with Crippen LogP contribution in [0.2, 0.25) is 0 Å². The molecule has 150 valence electrons. The maximum atomic E-state index is 9.69. The van der Waals surface area contributed by atoms with Crippen molar-refractivity contribution >= 4 is 17.3 Å². The van der Waals surface area contributed by atoms with Gasteiger partial charge in [-0.15, -0.1) is 0 Å². The number of aliphatic hydroxyl groups is 1. The molecule has 0 aliphatic carbocycles. The zero-order valence-electron chi connectivity index (χ0n) is 17.0. The second-order valence-corrected chi connectivity index (χ2v) is 7.81. The normalized spacial score (nSPS) is 18.9. The van der Waals surface area contributed by atoms with Gasteiger partial charge in [-0.2, -0.15) is 0 Å². The van der Waals surface area contributed by atoms with Crippen molar-refractivity contribution in [1.29, 1.82) is 0 Å². The van der Waals surface area contributed by atoms with Gasteiger partial charge in [-0.1, -0.05) is 24.3 Å². The highest BCUT2D eigenvalue weighted by Gasteiger charge is 2.42. The summed E-state index contributed by atoms with van der Waals surface area (Å²) in [4.78, 5) is 6.69. The number of nitrogens with one attached hydrogen (secondary N) is 1. The van der Waals surface area contributed by atoms with Gasteiger partial charge >= 0.3 is 0 Å². The van der Waals surface area contributed by atoms with Crippen LogP contribution in [-0.2, 0) is 0 Å². The molecule has 0 saturated carbocycles. The highest BCUT2D eigenvalue weighted by Crippen LogP contribution is 2.43. The Hall–Kier alpha value is -2.70. The number of thiocarbonyl (C=S) groups is 1. The molecule has 29 heavy (non-hydrogen) atoms. The molecule has 1 aliphatic rings. The zero-order valence-corrected chi connectivity index (χ0v) is 17.8. The molecular weight excluding hydrogens is 380 g/mol. The SMILES string of the molecule is Cc1c([C@@H]2[C@H](c3ccccn3)NC(=S)N2CCO)c(C)n(-c2ccccc2)c1C. The van der Waals surface area contributed by atoms with Crippen molar-refractivity contribution in [3.8, 4) is 5.69 Å². The topological polar surface area (TPSA) is 53.3 Å². The lowest BCUT2D eigenvalue weighted by molar-refractivity contribution is 0.222. The van der Waals surface area contributed by atoms with Crippen molar-refractivity contribution in [1.82, 2.24) is 19.8 Å². The van der Waals surface area contributed by atoms with E-state index in [1.165, 1.54) is 22.5 Å². The van der Waals surface area contributed by atoms with Crippen molar-refractivity contribution < 1.29 is 5.11 Å². The van der Waals surface area contributed by atoms with E-state index in [0.29, 0.717) is 11.7 Å². The number of benzene rings is 1. The van der Waals surface area contributed by atoms with Crippen LogP contribution in [-0.4, -0.2) is 37.8 Å². The van der Waals surface area contributed by atoms with Gasteiger partial charge in [0.15, 0.2) is 5.11 Å². The summed E-state index contributed by atoms with van der Waals surface area (Å²) in [5.74, 6) is 0. The average Bonchev–Trinajstić information content (AvgIpc) is 3.17. The summed E-state index contributed by atoms with van der Waals surface area (Å²) in [6.07, 6.45) is 1.81. The van der Waals surface area contributed by atoms with E-state index in [1.807, 2.05) is 30.5 Å². The van der Waals surface area contributed by atoms with Gasteiger partial charge in [-0.05, 0) is 62.8 Å². The first-order valence-electron chi connectivity index (χ1n) is 9.87. The summed E-state index contributed by atoms with van der Waals surface area (Å²) in [7, 11) is 0. The summed E-state index contributed by atoms with van der Waals surface area (Å²) in [5, 5.41) is 13.8. The second kappa shape index (κ2) is 7.97. The monoisotopic (exact) mass is 406 g/mol. The summed E-state index contributed by atoms with van der Waals surface area (Å²) in [5.41, 5.74) is 6.98. The van der Waals surface area contributed by atoms with Crippen molar-refractivity contribution in [2.24, 2.45) is 0 Å². The average molecular weight is 407 g/mol. The molecule has 6 heteroatoms. The third kappa shape index (κ3) is 3.32. The first-order valence-corrected chi connectivity index (χ1v) is 10.3. The molecule has 5 nitrogen and oxygen atoms in total. The number of aliphatic hydroxyl groups excluding tert-OH is 1. The van der Waals surface area contributed by atoms with Gasteiger partial charge in [-0.25, -0.2) is 0 Å². The number of nitrogens with zero attached hydrogens (tertiary/aromatic N) is 3. The first-order chi connectivity index (χ1) is 14.0. The fourth-order valence-corrected chi connectivity index (χ4v) is 4.81. The van der Waals surface area contributed by atoms with E-state index in [9.17, 15) is 5.11 Å². The van der Waals surface area contributed by atoms with Gasteiger partial charge in [0.2, 0.25) is 0 Å². The Labute approximate surface area is 177 Å². The minimum absolute atomic E-state index is 0.0341. The van der Waals surface area contributed by atoms with Crippen LogP contribution in [0.1, 0.15) is 40.3 Å². The standard InChI is InChI=1S/C23H26N4OS/c1-15-16(2)27(18-9-5-4-6-10-18)17(3)20(15)22-21(19-11-7-8-12-24-19)25-23(29)26(22)13-14-28/h4-12,21-22,28H,13-14H2,1-3H3,(H,25,29)/t21-,22+/m0/s1. The zero-order chi connectivity index (χ0) is 20.5. The number of aromatic nitrogens is 2. The molecule has 2 N–H and O–H groups in total. The van der Waals surface area contributed by atoms with Crippen molar-refractivity contribution in [2.45, 2.75) is 32.9 Å². The maximum Gasteiger partial charge on any atom is 0.170 e. The van der Waals surface area contributed by atoms with Crippen LogP contribution >= 0.6 is 12.2 Å². The third-order valence-electron chi connectivity index (χ3n) is 5.86. The summed E-state index contributed by atoms with van der Waals surface area (Å²) >= 11 is 5.65. The lowest BCUT2D eigenvalue weighted by Crippen LogP contribution is -2.32. The van der Waals surface area contributed by atoms with Crippen LogP contribution in [0.3, 0.4) is 0 Å². The summed E-state index contributed by atoms with van der Waals surface area (Å²) in [6, 6.07) is 16.3. The molecule has 3 aromatic rings. The van der Waals surface area contributed by atoms with Crippen molar-refractivity contribution in [3.05, 3.63) is 82.9 Å². The molecule has 3 heterocycles. The molecule has 1 saturated heterocycles. The first kappa shape index (κ1) is 19.6. The van der Waals surface area contributed by atoms with Gasteiger partial charge in [0.25, 0.3) is 0 Å². The smallest absolute Gasteiger partial charge is 0.170 e. The lowest BCUT2D eigenvalue weighted by atomic mass is 9.93. The van der Waals surface area contributed by atoms with Crippen molar-refractivity contribution in [3.63, 3.8) is 0 Å². The molecule has 1 aromatic carbocycles. The minimum atomic E-state index is -0.0707. The van der Waals surface area contributed by atoms with Gasteiger partial charge < -0.3 is 19.9 Å². The molecule has 0 spiro atoms. The van der Waals surface area contributed by atoms with Crippen LogP contribution < -0.4 is 5.32 Å². The third-order valence-corrected chi connectivity index (χ3v) is 6.21. The number of hydrogen-bond donors (Lipinski definition) is 2. The quantitative estimate of drug-likeness (QED) is 0.632. The molecule has 1 fully saturated rings. The van der Waals surface area contributed by atoms with Gasteiger partial charge in [0.1, 0.15) is 0 Å². The van der Waals surface area contributed by atoms with Crippen LogP contribution in [0.4, 0.5) is 0 Å². The van der Waals surface area contributed by atoms with Gasteiger partial charge in [0.05, 0.1) is 24.4 Å². The Balaban J connectivity index is 1.89. The van der Waals surface area contributed by atoms with E-state index >= 15 is 0 Å². The highest BCUT2D eigenvalue weighted by atomic mass is 32.1. The largest absolute Gasteiger partial charge is 0.395 e. The summed E-state index contributed by atoms with van der Waals surface area (Å²) < 4.78 is 2.30. The molecular formula is C23H26N4OS. The van der Waals surface area contributed by atoms with Gasteiger partial charge in [0, 0.05) is 35.4 Å². The Morgan fingerprint density at radius 3 is 2.41 bits per heavy atom. The number of rotatable bonds is 5. The molecule has 0 unspecified atom stereocenters. The number of pyridine rings is 1. The minimum Gasteiger partial charge on any atom is -0.395 e. The number of hydrogen-bond acceptors (Lipinski definition) is 3. The van der Waals surface area contributed by atoms with E-state index in [0.717, 1.165) is 11.4 Å². The maximum absolute atomic E-state index is 9.69. The predicted octanol–water partition coefficient (Wildman–Crippen LogP) is 3.76. The Morgan fingerprint density at radius 2 is 1.76 bits per heavy atom. The lowest BCUT2D eigenvalue weighted by Gasteiger charge is -2.28. The molecule has 1 aliphatic heterocycles. The molecule has 0 amide bonds. The van der Waals surface area contributed by atoms with E-state index in [-0.39, 0.29) is 18.7 Å². The molecule has 2 aromatic heterocycles. The molecule has 0 radical (unpaired) electrons. The Morgan fingerprint density at radius 1 is 1.03 bits per heavy atom. The van der Waals surface area contributed by atoms with E-state index in [4.69, 9.17) is 12.2 Å². The van der Waals surface area contributed by atoms with Gasteiger partial charge in [-0.3, -0.25) is 4.98 Å². The second-order valence-electron chi connectivity index (χ2n) is 7.42. The number of para-hydroxylation sites is 1. The van der Waals surface area contributed by atoms with Crippen LogP contribution in [0.25, 0.3) is 5.69 Å².